The summed E-state index contributed by atoms with van der Waals surface area (Å²) in [6, 6.07) is 7.73. The fraction of sp³-hybridized carbons (Fsp3) is 0.312. The van der Waals surface area contributed by atoms with Gasteiger partial charge in [0.05, 0.1) is 11.2 Å². The largest absolute Gasteiger partial charge is 0.345 e. The Bertz CT molecular complexity index is 847. The fourth-order valence-corrected chi connectivity index (χ4v) is 3.72. The summed E-state index contributed by atoms with van der Waals surface area (Å²) in [5.74, 6) is -0.00239. The first-order chi connectivity index (χ1) is 11.2. The number of aryl methyl sites for hydroxylation is 1. The molecular formula is C16H17N5OS. The second-order valence-corrected chi connectivity index (χ2v) is 6.51. The van der Waals surface area contributed by atoms with Gasteiger partial charge in [0.25, 0.3) is 5.91 Å². The van der Waals surface area contributed by atoms with E-state index in [0.717, 1.165) is 34.8 Å². The van der Waals surface area contributed by atoms with Crippen LogP contribution in [0.1, 0.15) is 16.2 Å². The zero-order chi connectivity index (χ0) is 15.8. The summed E-state index contributed by atoms with van der Waals surface area (Å²) < 4.78 is 0. The molecule has 1 aliphatic heterocycles. The maximum atomic E-state index is 12.7. The first-order valence-electron chi connectivity index (χ1n) is 7.62. The number of carbonyl (C=O) groups excluding carboxylic acids is 1. The number of thiazole rings is 1. The number of nitrogens with one attached hydrogen (secondary N) is 1. The number of aromatic nitrogens is 3. The lowest BCUT2D eigenvalue weighted by atomic mass is 10.2. The van der Waals surface area contributed by atoms with Gasteiger partial charge in [0, 0.05) is 36.9 Å². The van der Waals surface area contributed by atoms with E-state index in [1.165, 1.54) is 0 Å². The number of benzene rings is 1. The topological polar surface area (TPSA) is 65.1 Å². The van der Waals surface area contributed by atoms with Gasteiger partial charge in [-0.2, -0.15) is 5.10 Å². The molecule has 118 valence electrons. The number of H-pyrrole nitrogens is 1. The van der Waals surface area contributed by atoms with Crippen LogP contribution in [-0.4, -0.2) is 52.2 Å². The predicted molar refractivity (Wildman–Crippen MR) is 91.1 cm³/mol. The predicted octanol–water partition coefficient (Wildman–Crippen LogP) is 2.29. The summed E-state index contributed by atoms with van der Waals surface area (Å²) in [5.41, 5.74) is 2.46. The van der Waals surface area contributed by atoms with Gasteiger partial charge < -0.3 is 9.80 Å². The van der Waals surface area contributed by atoms with Gasteiger partial charge in [0.1, 0.15) is 0 Å². The van der Waals surface area contributed by atoms with Crippen molar-refractivity contribution in [1.29, 1.82) is 0 Å². The van der Waals surface area contributed by atoms with E-state index >= 15 is 0 Å². The Kier molecular flexibility index (Phi) is 3.49. The van der Waals surface area contributed by atoms with Gasteiger partial charge >= 0.3 is 0 Å². The zero-order valence-electron chi connectivity index (χ0n) is 12.8. The molecule has 0 bridgehead atoms. The van der Waals surface area contributed by atoms with Crippen LogP contribution < -0.4 is 4.90 Å². The highest BCUT2D eigenvalue weighted by Gasteiger charge is 2.26. The molecule has 0 radical (unpaired) electrons. The van der Waals surface area contributed by atoms with Crippen molar-refractivity contribution in [3.8, 4) is 0 Å². The minimum Gasteiger partial charge on any atom is -0.345 e. The molecule has 3 aromatic rings. The van der Waals surface area contributed by atoms with Crippen molar-refractivity contribution in [2.75, 3.05) is 31.1 Å². The molecule has 0 spiro atoms. The Morgan fingerprint density at radius 2 is 2.00 bits per heavy atom. The van der Waals surface area contributed by atoms with Crippen LogP contribution in [0.3, 0.4) is 0 Å². The lowest BCUT2D eigenvalue weighted by molar-refractivity contribution is 0.0742. The number of para-hydroxylation sites is 1. The first-order valence-corrected chi connectivity index (χ1v) is 8.50. The van der Waals surface area contributed by atoms with Crippen LogP contribution in [0, 0.1) is 6.92 Å². The van der Waals surface area contributed by atoms with Crippen LogP contribution in [0.4, 0.5) is 5.13 Å². The average Bonchev–Trinajstić information content (AvgIpc) is 3.21. The number of fused-ring (bicyclic) bond motifs is 1. The van der Waals surface area contributed by atoms with Crippen molar-refractivity contribution < 1.29 is 4.79 Å². The second kappa shape index (κ2) is 5.66. The van der Waals surface area contributed by atoms with Gasteiger partial charge in [-0.05, 0) is 13.0 Å². The Balaban J connectivity index is 1.49. The maximum absolute atomic E-state index is 12.7. The van der Waals surface area contributed by atoms with Crippen LogP contribution in [0.2, 0.25) is 0 Å². The summed E-state index contributed by atoms with van der Waals surface area (Å²) in [4.78, 5) is 21.4. The SMILES string of the molecule is Cc1csc(N2CCN(C(=O)c3n[nH]c4ccccc34)CC2)n1. The highest BCUT2D eigenvalue weighted by atomic mass is 32.1. The highest BCUT2D eigenvalue weighted by molar-refractivity contribution is 7.13. The van der Waals surface area contributed by atoms with E-state index in [4.69, 9.17) is 0 Å². The normalized spacial score (nSPS) is 15.3. The van der Waals surface area contributed by atoms with E-state index in [-0.39, 0.29) is 5.91 Å². The molecule has 1 N–H and O–H groups in total. The van der Waals surface area contributed by atoms with E-state index in [9.17, 15) is 4.79 Å². The molecule has 0 unspecified atom stereocenters. The summed E-state index contributed by atoms with van der Waals surface area (Å²) in [5, 5.41) is 11.1. The molecule has 23 heavy (non-hydrogen) atoms. The molecule has 6 nitrogen and oxygen atoms in total. The minimum absolute atomic E-state index is 0.00239. The van der Waals surface area contributed by atoms with E-state index in [1.807, 2.05) is 36.1 Å². The molecule has 1 saturated heterocycles. The van der Waals surface area contributed by atoms with Crippen molar-refractivity contribution in [3.63, 3.8) is 0 Å². The molecule has 0 saturated carbocycles. The van der Waals surface area contributed by atoms with Gasteiger partial charge in [-0.3, -0.25) is 9.89 Å². The van der Waals surface area contributed by atoms with Gasteiger partial charge in [0.15, 0.2) is 10.8 Å². The van der Waals surface area contributed by atoms with Crippen molar-refractivity contribution >= 4 is 33.3 Å². The highest BCUT2D eigenvalue weighted by Crippen LogP contribution is 2.22. The van der Waals surface area contributed by atoms with Crippen molar-refractivity contribution in [1.82, 2.24) is 20.1 Å². The van der Waals surface area contributed by atoms with Crippen molar-refractivity contribution in [3.05, 3.63) is 41.0 Å². The number of piperazine rings is 1. The Morgan fingerprint density at radius 1 is 1.22 bits per heavy atom. The summed E-state index contributed by atoms with van der Waals surface area (Å²) in [7, 11) is 0. The molecule has 3 heterocycles. The standard InChI is InChI=1S/C16H17N5OS/c1-11-10-23-16(17-11)21-8-6-20(7-9-21)15(22)14-12-4-2-3-5-13(12)18-19-14/h2-5,10H,6-9H2,1H3,(H,18,19). The molecule has 4 rings (SSSR count). The number of rotatable bonds is 2. The number of nitrogens with zero attached hydrogens (tertiary/aromatic N) is 4. The quantitative estimate of drug-likeness (QED) is 0.784. The maximum Gasteiger partial charge on any atom is 0.275 e. The molecule has 1 amide bonds. The van der Waals surface area contributed by atoms with Gasteiger partial charge in [-0.25, -0.2) is 4.98 Å². The van der Waals surface area contributed by atoms with Crippen LogP contribution in [0.5, 0.6) is 0 Å². The smallest absolute Gasteiger partial charge is 0.275 e. The molecule has 0 aliphatic carbocycles. The molecular weight excluding hydrogens is 310 g/mol. The molecule has 2 aromatic heterocycles. The monoisotopic (exact) mass is 327 g/mol. The van der Waals surface area contributed by atoms with Gasteiger partial charge in [-0.1, -0.05) is 18.2 Å². The van der Waals surface area contributed by atoms with Gasteiger partial charge in [0.2, 0.25) is 0 Å². The third kappa shape index (κ3) is 2.57. The van der Waals surface area contributed by atoms with Gasteiger partial charge in [-0.15, -0.1) is 11.3 Å². The number of hydrogen-bond acceptors (Lipinski definition) is 5. The lowest BCUT2D eigenvalue weighted by Crippen LogP contribution is -2.48. The lowest BCUT2D eigenvalue weighted by Gasteiger charge is -2.34. The molecule has 7 heteroatoms. The number of aromatic amines is 1. The van der Waals surface area contributed by atoms with E-state index < -0.39 is 0 Å². The van der Waals surface area contributed by atoms with E-state index in [2.05, 4.69) is 25.5 Å². The van der Waals surface area contributed by atoms with E-state index in [0.29, 0.717) is 18.8 Å². The van der Waals surface area contributed by atoms with Crippen LogP contribution in [0.15, 0.2) is 29.6 Å². The molecule has 0 atom stereocenters. The van der Waals surface area contributed by atoms with Crippen LogP contribution in [0.25, 0.3) is 10.9 Å². The van der Waals surface area contributed by atoms with Crippen LogP contribution >= 0.6 is 11.3 Å². The average molecular weight is 327 g/mol. The third-order valence-electron chi connectivity index (χ3n) is 4.12. The number of anilines is 1. The van der Waals surface area contributed by atoms with Crippen molar-refractivity contribution in [2.24, 2.45) is 0 Å². The Labute approximate surface area is 137 Å². The van der Waals surface area contributed by atoms with Crippen LogP contribution in [-0.2, 0) is 0 Å². The number of carbonyl (C=O) groups is 1. The van der Waals surface area contributed by atoms with Crippen molar-refractivity contribution in [2.45, 2.75) is 6.92 Å². The summed E-state index contributed by atoms with van der Waals surface area (Å²) in [6.07, 6.45) is 0. The number of amides is 1. The third-order valence-corrected chi connectivity index (χ3v) is 5.14. The molecule has 1 aromatic carbocycles. The summed E-state index contributed by atoms with van der Waals surface area (Å²) in [6.45, 7) is 5.00. The van der Waals surface area contributed by atoms with E-state index in [1.54, 1.807) is 11.3 Å². The minimum atomic E-state index is -0.00239. The zero-order valence-corrected chi connectivity index (χ0v) is 13.6. The Morgan fingerprint density at radius 3 is 2.74 bits per heavy atom. The second-order valence-electron chi connectivity index (χ2n) is 5.67. The fourth-order valence-electron chi connectivity index (χ4n) is 2.86. The Hall–Kier alpha value is -2.41. The summed E-state index contributed by atoms with van der Waals surface area (Å²) >= 11 is 1.66. The number of hydrogen-bond donors (Lipinski definition) is 1. The first kappa shape index (κ1) is 14.2. The molecule has 1 aliphatic rings. The molecule has 1 fully saturated rings.